The lowest BCUT2D eigenvalue weighted by Gasteiger charge is -2.10. The minimum absolute atomic E-state index is 0.121. The van der Waals surface area contributed by atoms with E-state index in [4.69, 9.17) is 14.6 Å². The first-order valence-corrected chi connectivity index (χ1v) is 6.54. The van der Waals surface area contributed by atoms with Gasteiger partial charge in [0.1, 0.15) is 19.0 Å². The van der Waals surface area contributed by atoms with E-state index in [0.717, 1.165) is 23.5 Å². The Morgan fingerprint density at radius 3 is 2.68 bits per heavy atom. The van der Waals surface area contributed by atoms with Crippen molar-refractivity contribution in [2.24, 2.45) is 5.92 Å². The summed E-state index contributed by atoms with van der Waals surface area (Å²) in [7, 11) is 0. The first kappa shape index (κ1) is 15.6. The molecule has 0 atom stereocenters. The molecule has 0 fully saturated rings. The van der Waals surface area contributed by atoms with Crippen LogP contribution >= 0.6 is 0 Å². The zero-order valence-electron chi connectivity index (χ0n) is 11.9. The highest BCUT2D eigenvalue weighted by molar-refractivity contribution is 5.43. The first-order chi connectivity index (χ1) is 9.13. The van der Waals surface area contributed by atoms with Crippen molar-refractivity contribution in [2.45, 2.75) is 20.8 Å². The van der Waals surface area contributed by atoms with Crippen LogP contribution in [0, 0.1) is 24.7 Å². The minimum atomic E-state index is -0.121. The van der Waals surface area contributed by atoms with Crippen LogP contribution < -0.4 is 4.74 Å². The highest BCUT2D eigenvalue weighted by atomic mass is 16.5. The highest BCUT2D eigenvalue weighted by Crippen LogP contribution is 2.18. The normalized spacial score (nSPS) is 10.2. The molecule has 0 unspecified atom stereocenters. The Labute approximate surface area is 115 Å². The minimum Gasteiger partial charge on any atom is -0.491 e. The number of aliphatic hydroxyl groups is 1. The van der Waals surface area contributed by atoms with Gasteiger partial charge in [0.25, 0.3) is 0 Å². The van der Waals surface area contributed by atoms with E-state index in [2.05, 4.69) is 25.7 Å². The maximum atomic E-state index is 8.64. The lowest BCUT2D eigenvalue weighted by Crippen LogP contribution is -2.10. The zero-order valence-corrected chi connectivity index (χ0v) is 11.9. The quantitative estimate of drug-likeness (QED) is 0.632. The summed E-state index contributed by atoms with van der Waals surface area (Å²) in [5.41, 5.74) is 1.92. The second-order valence-corrected chi connectivity index (χ2v) is 4.76. The molecule has 1 N–H and O–H groups in total. The summed E-state index contributed by atoms with van der Waals surface area (Å²) in [6.07, 6.45) is 0. The Hall–Kier alpha value is -1.50. The van der Waals surface area contributed by atoms with Crippen LogP contribution in [0.5, 0.6) is 5.75 Å². The highest BCUT2D eigenvalue weighted by Gasteiger charge is 2.00. The lowest BCUT2D eigenvalue weighted by atomic mass is 10.1. The third kappa shape index (κ3) is 6.28. The van der Waals surface area contributed by atoms with E-state index < -0.39 is 0 Å². The molecule has 0 aliphatic heterocycles. The van der Waals surface area contributed by atoms with E-state index in [-0.39, 0.29) is 6.61 Å². The largest absolute Gasteiger partial charge is 0.491 e. The van der Waals surface area contributed by atoms with Crippen molar-refractivity contribution in [3.05, 3.63) is 29.3 Å². The van der Waals surface area contributed by atoms with Crippen LogP contribution in [0.15, 0.2) is 18.2 Å². The van der Waals surface area contributed by atoms with Crippen molar-refractivity contribution < 1.29 is 14.6 Å². The topological polar surface area (TPSA) is 38.7 Å². The number of rotatable bonds is 6. The van der Waals surface area contributed by atoms with Crippen molar-refractivity contribution in [3.63, 3.8) is 0 Å². The standard InChI is InChI=1S/C16H22O3/c1-13(2)12-18-9-10-19-16-7-6-15(5-4-8-17)11-14(16)3/h6-7,11,13,17H,8-10,12H2,1-3H3. The number of benzene rings is 1. The van der Waals surface area contributed by atoms with Crippen LogP contribution in [0.25, 0.3) is 0 Å². The molecule has 0 heterocycles. The number of aryl methyl sites for hydroxylation is 1. The molecule has 0 aliphatic rings. The van der Waals surface area contributed by atoms with Crippen molar-refractivity contribution in [1.82, 2.24) is 0 Å². The van der Waals surface area contributed by atoms with Crippen LogP contribution in [0.3, 0.4) is 0 Å². The second-order valence-electron chi connectivity index (χ2n) is 4.76. The maximum absolute atomic E-state index is 8.64. The molecule has 0 saturated carbocycles. The number of hydrogen-bond donors (Lipinski definition) is 1. The van der Waals surface area contributed by atoms with E-state index in [1.165, 1.54) is 0 Å². The molecule has 1 aromatic carbocycles. The summed E-state index contributed by atoms with van der Waals surface area (Å²) < 4.78 is 11.1. The van der Waals surface area contributed by atoms with Crippen molar-refractivity contribution in [3.8, 4) is 17.6 Å². The third-order valence-corrected chi connectivity index (χ3v) is 2.42. The fraction of sp³-hybridized carbons (Fsp3) is 0.500. The van der Waals surface area contributed by atoms with E-state index >= 15 is 0 Å². The molecule has 19 heavy (non-hydrogen) atoms. The van der Waals surface area contributed by atoms with Gasteiger partial charge in [-0.15, -0.1) is 0 Å². The maximum Gasteiger partial charge on any atom is 0.122 e. The van der Waals surface area contributed by atoms with Gasteiger partial charge in [-0.3, -0.25) is 0 Å². The second kappa shape index (κ2) is 8.58. The Kier molecular flexibility index (Phi) is 7.02. The van der Waals surface area contributed by atoms with E-state index in [0.29, 0.717) is 19.1 Å². The number of aliphatic hydroxyl groups excluding tert-OH is 1. The van der Waals surface area contributed by atoms with E-state index in [1.54, 1.807) is 0 Å². The van der Waals surface area contributed by atoms with Gasteiger partial charge in [-0.1, -0.05) is 25.7 Å². The Morgan fingerprint density at radius 2 is 2.05 bits per heavy atom. The predicted molar refractivity (Wildman–Crippen MR) is 76.3 cm³/mol. The smallest absolute Gasteiger partial charge is 0.122 e. The van der Waals surface area contributed by atoms with Gasteiger partial charge in [-0.25, -0.2) is 0 Å². The third-order valence-electron chi connectivity index (χ3n) is 2.42. The molecule has 0 radical (unpaired) electrons. The van der Waals surface area contributed by atoms with Gasteiger partial charge >= 0.3 is 0 Å². The molecule has 3 heteroatoms. The summed E-state index contributed by atoms with van der Waals surface area (Å²) in [5, 5.41) is 8.64. The molecule has 3 nitrogen and oxygen atoms in total. The first-order valence-electron chi connectivity index (χ1n) is 6.54. The summed E-state index contributed by atoms with van der Waals surface area (Å²) >= 11 is 0. The molecular weight excluding hydrogens is 240 g/mol. The van der Waals surface area contributed by atoms with Crippen molar-refractivity contribution >= 4 is 0 Å². The molecule has 0 aliphatic carbocycles. The van der Waals surface area contributed by atoms with Gasteiger partial charge < -0.3 is 14.6 Å². The van der Waals surface area contributed by atoms with Gasteiger partial charge in [-0.05, 0) is 36.6 Å². The number of ether oxygens (including phenoxy) is 2. The van der Waals surface area contributed by atoms with Crippen LogP contribution in [0.2, 0.25) is 0 Å². The Morgan fingerprint density at radius 1 is 1.26 bits per heavy atom. The van der Waals surface area contributed by atoms with Crippen LogP contribution in [-0.2, 0) is 4.74 Å². The summed E-state index contributed by atoms with van der Waals surface area (Å²) in [4.78, 5) is 0. The van der Waals surface area contributed by atoms with Crippen molar-refractivity contribution in [1.29, 1.82) is 0 Å². The number of hydrogen-bond acceptors (Lipinski definition) is 3. The molecule has 1 aromatic rings. The molecule has 0 bridgehead atoms. The van der Waals surface area contributed by atoms with Gasteiger partial charge in [0.05, 0.1) is 6.61 Å². The molecule has 0 amide bonds. The lowest BCUT2D eigenvalue weighted by molar-refractivity contribution is 0.0817. The van der Waals surface area contributed by atoms with Crippen molar-refractivity contribution in [2.75, 3.05) is 26.4 Å². The average Bonchev–Trinajstić information content (AvgIpc) is 2.37. The predicted octanol–water partition coefficient (Wildman–Crippen LogP) is 2.39. The van der Waals surface area contributed by atoms with Gasteiger partial charge in [0, 0.05) is 12.2 Å². The molecule has 1 rings (SSSR count). The van der Waals surface area contributed by atoms with Crippen LogP contribution in [-0.4, -0.2) is 31.5 Å². The molecule has 0 spiro atoms. The average molecular weight is 262 g/mol. The van der Waals surface area contributed by atoms with Gasteiger partial charge in [0.2, 0.25) is 0 Å². The van der Waals surface area contributed by atoms with Crippen LogP contribution in [0.1, 0.15) is 25.0 Å². The molecule has 0 saturated heterocycles. The Bertz CT molecular complexity index is 441. The molecule has 104 valence electrons. The summed E-state index contributed by atoms with van der Waals surface area (Å²) in [5.74, 6) is 6.89. The van der Waals surface area contributed by atoms with E-state index in [1.807, 2.05) is 25.1 Å². The zero-order chi connectivity index (χ0) is 14.1. The summed E-state index contributed by atoms with van der Waals surface area (Å²) in [6.45, 7) is 8.02. The monoisotopic (exact) mass is 262 g/mol. The fourth-order valence-corrected chi connectivity index (χ4v) is 1.56. The SMILES string of the molecule is Cc1cc(C#CCO)ccc1OCCOCC(C)C. The molecule has 0 aromatic heterocycles. The van der Waals surface area contributed by atoms with Gasteiger partial charge in [0.15, 0.2) is 0 Å². The van der Waals surface area contributed by atoms with Gasteiger partial charge in [-0.2, -0.15) is 0 Å². The molecular formula is C16H22O3. The van der Waals surface area contributed by atoms with E-state index in [9.17, 15) is 0 Å². The fourth-order valence-electron chi connectivity index (χ4n) is 1.56. The summed E-state index contributed by atoms with van der Waals surface area (Å²) in [6, 6.07) is 5.74. The van der Waals surface area contributed by atoms with Crippen LogP contribution in [0.4, 0.5) is 0 Å². The Balaban J connectivity index is 2.42.